The highest BCUT2D eigenvalue weighted by atomic mass is 16.2. The zero-order valence-electron chi connectivity index (χ0n) is 12.3. The molecule has 0 fully saturated rings. The molecule has 5 heteroatoms. The van der Waals surface area contributed by atoms with Crippen molar-refractivity contribution in [3.8, 4) is 0 Å². The van der Waals surface area contributed by atoms with Gasteiger partial charge in [0.25, 0.3) is 5.91 Å². The summed E-state index contributed by atoms with van der Waals surface area (Å²) in [5, 5.41) is 8.30. The van der Waals surface area contributed by atoms with Crippen LogP contribution in [0.2, 0.25) is 0 Å². The molecule has 0 radical (unpaired) electrons. The highest BCUT2D eigenvalue weighted by molar-refractivity contribution is 6.02. The van der Waals surface area contributed by atoms with E-state index in [0.29, 0.717) is 17.8 Å². The van der Waals surface area contributed by atoms with Crippen LogP contribution in [0.5, 0.6) is 0 Å². The Kier molecular flexibility index (Phi) is 3.78. The molecule has 1 aliphatic rings. The third-order valence-electron chi connectivity index (χ3n) is 3.60. The quantitative estimate of drug-likeness (QED) is 0.797. The predicted octanol–water partition coefficient (Wildman–Crippen LogP) is 2.92. The van der Waals surface area contributed by atoms with Crippen LogP contribution in [0.1, 0.15) is 21.5 Å². The van der Waals surface area contributed by atoms with Gasteiger partial charge in [0, 0.05) is 23.5 Å². The Labute approximate surface area is 128 Å². The minimum atomic E-state index is -0.333. The van der Waals surface area contributed by atoms with Crippen LogP contribution < -0.4 is 16.0 Å². The maximum atomic E-state index is 12.0. The molecule has 3 rings (SSSR count). The van der Waals surface area contributed by atoms with E-state index in [0.717, 1.165) is 23.2 Å². The van der Waals surface area contributed by atoms with Crippen LogP contribution >= 0.6 is 0 Å². The van der Waals surface area contributed by atoms with Crippen molar-refractivity contribution in [1.82, 2.24) is 5.32 Å². The largest absolute Gasteiger partial charge is 0.352 e. The van der Waals surface area contributed by atoms with Crippen LogP contribution in [0, 0.1) is 6.92 Å². The third kappa shape index (κ3) is 3.09. The number of carbonyl (C=O) groups is 2. The Morgan fingerprint density at radius 2 is 1.73 bits per heavy atom. The first-order valence-electron chi connectivity index (χ1n) is 7.17. The predicted molar refractivity (Wildman–Crippen MR) is 86.3 cm³/mol. The lowest BCUT2D eigenvalue weighted by Gasteiger charge is -2.17. The van der Waals surface area contributed by atoms with Crippen LogP contribution in [-0.2, 0) is 6.42 Å². The topological polar surface area (TPSA) is 70.2 Å². The van der Waals surface area contributed by atoms with Gasteiger partial charge in [-0.2, -0.15) is 0 Å². The van der Waals surface area contributed by atoms with Gasteiger partial charge in [0.2, 0.25) is 0 Å². The normalized spacial score (nSPS) is 13.0. The molecule has 1 aliphatic heterocycles. The molecule has 2 aromatic rings. The monoisotopic (exact) mass is 295 g/mol. The summed E-state index contributed by atoms with van der Waals surface area (Å²) in [5.41, 5.74) is 4.08. The smallest absolute Gasteiger partial charge is 0.323 e. The van der Waals surface area contributed by atoms with Gasteiger partial charge < -0.3 is 16.0 Å². The number of benzene rings is 2. The molecule has 0 aromatic heterocycles. The van der Waals surface area contributed by atoms with Gasteiger partial charge in [-0.05, 0) is 43.2 Å². The van der Waals surface area contributed by atoms with Gasteiger partial charge >= 0.3 is 6.03 Å². The molecule has 0 atom stereocenters. The number of amides is 3. The van der Waals surface area contributed by atoms with Crippen molar-refractivity contribution in [3.63, 3.8) is 0 Å². The summed E-state index contributed by atoms with van der Waals surface area (Å²) in [6.45, 7) is 2.65. The number of aryl methyl sites for hydroxylation is 1. The number of fused-ring (bicyclic) bond motifs is 1. The first kappa shape index (κ1) is 14.1. The molecular formula is C17H17N3O2. The van der Waals surface area contributed by atoms with E-state index in [2.05, 4.69) is 16.0 Å². The summed E-state index contributed by atoms with van der Waals surface area (Å²) >= 11 is 0. The number of hydrogen-bond donors (Lipinski definition) is 3. The van der Waals surface area contributed by atoms with Crippen molar-refractivity contribution in [3.05, 3.63) is 59.2 Å². The molecule has 0 unspecified atom stereocenters. The summed E-state index contributed by atoms with van der Waals surface area (Å²) in [6, 6.07) is 12.6. The Balaban J connectivity index is 1.70. The Morgan fingerprint density at radius 1 is 1.05 bits per heavy atom. The standard InChI is InChI=1S/C17H17N3O2/c1-11-2-5-13(6-3-11)19-17(22)20-14-7-4-12-8-9-18-16(21)15(12)10-14/h2-7,10H,8-9H2,1H3,(H,18,21)(H2,19,20,22). The molecule has 2 aromatic carbocycles. The summed E-state index contributed by atoms with van der Waals surface area (Å²) in [5.74, 6) is -0.0937. The van der Waals surface area contributed by atoms with Crippen molar-refractivity contribution in [1.29, 1.82) is 0 Å². The van der Waals surface area contributed by atoms with Crippen LogP contribution in [0.3, 0.4) is 0 Å². The molecule has 112 valence electrons. The average Bonchev–Trinajstić information content (AvgIpc) is 2.50. The number of rotatable bonds is 2. The molecule has 0 saturated carbocycles. The van der Waals surface area contributed by atoms with Crippen LogP contribution in [0.25, 0.3) is 0 Å². The Hall–Kier alpha value is -2.82. The lowest BCUT2D eigenvalue weighted by Crippen LogP contribution is -2.32. The van der Waals surface area contributed by atoms with Gasteiger partial charge in [-0.15, -0.1) is 0 Å². The molecule has 22 heavy (non-hydrogen) atoms. The van der Waals surface area contributed by atoms with Crippen LogP contribution in [0.15, 0.2) is 42.5 Å². The molecule has 0 bridgehead atoms. The van der Waals surface area contributed by atoms with Gasteiger partial charge in [0.1, 0.15) is 0 Å². The second-order valence-corrected chi connectivity index (χ2v) is 5.32. The van der Waals surface area contributed by atoms with Crippen molar-refractivity contribution >= 4 is 23.3 Å². The van der Waals surface area contributed by atoms with Crippen LogP contribution in [0.4, 0.5) is 16.2 Å². The summed E-state index contributed by atoms with van der Waals surface area (Å²) < 4.78 is 0. The lowest BCUT2D eigenvalue weighted by molar-refractivity contribution is 0.0946. The van der Waals surface area contributed by atoms with Gasteiger partial charge in [-0.1, -0.05) is 23.8 Å². The fraction of sp³-hybridized carbons (Fsp3) is 0.176. The van der Waals surface area contributed by atoms with Crippen molar-refractivity contribution < 1.29 is 9.59 Å². The third-order valence-corrected chi connectivity index (χ3v) is 3.60. The van der Waals surface area contributed by atoms with E-state index in [1.165, 1.54) is 0 Å². The van der Waals surface area contributed by atoms with E-state index < -0.39 is 0 Å². The molecule has 5 nitrogen and oxygen atoms in total. The van der Waals surface area contributed by atoms with Gasteiger partial charge in [-0.25, -0.2) is 4.79 Å². The van der Waals surface area contributed by atoms with E-state index in [1.807, 2.05) is 43.3 Å². The molecule has 3 amide bonds. The summed E-state index contributed by atoms with van der Waals surface area (Å²) in [6.07, 6.45) is 0.816. The van der Waals surface area contributed by atoms with Crippen LogP contribution in [-0.4, -0.2) is 18.5 Å². The second-order valence-electron chi connectivity index (χ2n) is 5.32. The van der Waals surface area contributed by atoms with E-state index in [9.17, 15) is 9.59 Å². The highest BCUT2D eigenvalue weighted by Gasteiger charge is 2.17. The summed E-state index contributed by atoms with van der Waals surface area (Å²) in [7, 11) is 0. The maximum absolute atomic E-state index is 12.0. The molecule has 1 heterocycles. The molecule has 0 saturated heterocycles. The van der Waals surface area contributed by atoms with Gasteiger partial charge in [-0.3, -0.25) is 4.79 Å². The highest BCUT2D eigenvalue weighted by Crippen LogP contribution is 2.19. The van der Waals surface area contributed by atoms with E-state index in [-0.39, 0.29) is 11.9 Å². The minimum absolute atomic E-state index is 0.0937. The molecule has 3 N–H and O–H groups in total. The average molecular weight is 295 g/mol. The number of anilines is 2. The fourth-order valence-electron chi connectivity index (χ4n) is 2.42. The van der Waals surface area contributed by atoms with E-state index in [4.69, 9.17) is 0 Å². The van der Waals surface area contributed by atoms with E-state index >= 15 is 0 Å². The zero-order chi connectivity index (χ0) is 15.5. The number of carbonyl (C=O) groups excluding carboxylic acids is 2. The first-order valence-corrected chi connectivity index (χ1v) is 7.17. The molecule has 0 aliphatic carbocycles. The van der Waals surface area contributed by atoms with E-state index in [1.54, 1.807) is 6.07 Å². The van der Waals surface area contributed by atoms with Crippen molar-refractivity contribution in [2.45, 2.75) is 13.3 Å². The Bertz CT molecular complexity index is 723. The number of urea groups is 1. The first-order chi connectivity index (χ1) is 10.6. The zero-order valence-corrected chi connectivity index (χ0v) is 12.3. The second kappa shape index (κ2) is 5.89. The molecular weight excluding hydrogens is 278 g/mol. The fourth-order valence-corrected chi connectivity index (χ4v) is 2.42. The van der Waals surface area contributed by atoms with Crippen molar-refractivity contribution in [2.75, 3.05) is 17.2 Å². The summed E-state index contributed by atoms with van der Waals surface area (Å²) in [4.78, 5) is 23.8. The maximum Gasteiger partial charge on any atom is 0.323 e. The number of hydrogen-bond acceptors (Lipinski definition) is 2. The SMILES string of the molecule is Cc1ccc(NC(=O)Nc2ccc3c(c2)C(=O)NCC3)cc1. The lowest BCUT2D eigenvalue weighted by atomic mass is 10.00. The minimum Gasteiger partial charge on any atom is -0.352 e. The van der Waals surface area contributed by atoms with Crippen molar-refractivity contribution in [2.24, 2.45) is 0 Å². The molecule has 0 spiro atoms. The van der Waals surface area contributed by atoms with Gasteiger partial charge in [0.05, 0.1) is 0 Å². The Morgan fingerprint density at radius 3 is 2.50 bits per heavy atom. The number of nitrogens with one attached hydrogen (secondary N) is 3. The van der Waals surface area contributed by atoms with Gasteiger partial charge in [0.15, 0.2) is 0 Å².